The third kappa shape index (κ3) is 1.81. The zero-order chi connectivity index (χ0) is 9.19. The molecule has 3 N–H and O–H groups in total. The van der Waals surface area contributed by atoms with E-state index in [1.807, 2.05) is 19.1 Å². The molecule has 0 saturated heterocycles. The molecule has 66 valence electrons. The number of rotatable bonds is 2. The fourth-order valence-corrected chi connectivity index (χ4v) is 0.992. The van der Waals surface area contributed by atoms with Crippen LogP contribution in [0.15, 0.2) is 18.3 Å². The predicted molar refractivity (Wildman–Crippen MR) is 47.6 cm³/mol. The number of nitrogens with two attached hydrogens (primary N) is 1. The normalized spacial score (nSPS) is 15.7. The number of hydrogen-bond donors (Lipinski definition) is 2. The third-order valence-corrected chi connectivity index (χ3v) is 1.88. The highest BCUT2D eigenvalue weighted by atomic mass is 16.3. The fourth-order valence-electron chi connectivity index (χ4n) is 0.992. The second-order valence-electron chi connectivity index (χ2n) is 3.26. The second kappa shape index (κ2) is 3.21. The molecule has 0 aliphatic heterocycles. The van der Waals surface area contributed by atoms with Crippen LogP contribution in [0.25, 0.3) is 0 Å². The maximum atomic E-state index is 8.99. The molecule has 0 spiro atoms. The lowest BCUT2D eigenvalue weighted by Gasteiger charge is -2.22. The standard InChI is InChI=1S/C9H14N2O/c1-7-5-8(3-4-11-7)9(2,10)6-12/h3-5,12H,6,10H2,1-2H3. The van der Waals surface area contributed by atoms with Gasteiger partial charge in [0.05, 0.1) is 12.1 Å². The number of aliphatic hydroxyl groups excluding tert-OH is 1. The SMILES string of the molecule is Cc1cc(C(C)(N)CO)ccn1. The Bertz CT molecular complexity index is 271. The van der Waals surface area contributed by atoms with Gasteiger partial charge in [0.25, 0.3) is 0 Å². The van der Waals surface area contributed by atoms with Gasteiger partial charge in [0.1, 0.15) is 0 Å². The van der Waals surface area contributed by atoms with Gasteiger partial charge in [0.15, 0.2) is 0 Å². The molecular formula is C9H14N2O. The summed E-state index contributed by atoms with van der Waals surface area (Å²) in [5.41, 5.74) is 7.00. The minimum absolute atomic E-state index is 0.0591. The Balaban J connectivity index is 3.03. The van der Waals surface area contributed by atoms with E-state index < -0.39 is 5.54 Å². The molecule has 0 aliphatic carbocycles. The van der Waals surface area contributed by atoms with Gasteiger partial charge in [-0.25, -0.2) is 0 Å². The van der Waals surface area contributed by atoms with Gasteiger partial charge in [-0.3, -0.25) is 4.98 Å². The zero-order valence-electron chi connectivity index (χ0n) is 7.41. The highest BCUT2D eigenvalue weighted by Crippen LogP contribution is 2.16. The summed E-state index contributed by atoms with van der Waals surface area (Å²) in [6.45, 7) is 3.63. The van der Waals surface area contributed by atoms with Crippen LogP contribution in [0.2, 0.25) is 0 Å². The Morgan fingerprint density at radius 1 is 1.67 bits per heavy atom. The first-order chi connectivity index (χ1) is 5.56. The van der Waals surface area contributed by atoms with Gasteiger partial charge >= 0.3 is 0 Å². The molecular weight excluding hydrogens is 152 g/mol. The topological polar surface area (TPSA) is 59.1 Å². The Hall–Kier alpha value is -0.930. The molecule has 0 radical (unpaired) electrons. The molecule has 1 atom stereocenters. The van der Waals surface area contributed by atoms with E-state index in [1.165, 1.54) is 0 Å². The number of aryl methyl sites for hydroxylation is 1. The highest BCUT2D eigenvalue weighted by molar-refractivity contribution is 5.23. The molecule has 0 amide bonds. The maximum absolute atomic E-state index is 8.99. The number of hydrogen-bond acceptors (Lipinski definition) is 3. The summed E-state index contributed by atoms with van der Waals surface area (Å²) in [7, 11) is 0. The average Bonchev–Trinajstić information content (AvgIpc) is 2.05. The van der Waals surface area contributed by atoms with E-state index in [9.17, 15) is 0 Å². The van der Waals surface area contributed by atoms with E-state index in [2.05, 4.69) is 4.98 Å². The maximum Gasteiger partial charge on any atom is 0.0650 e. The van der Waals surface area contributed by atoms with Crippen molar-refractivity contribution < 1.29 is 5.11 Å². The van der Waals surface area contributed by atoms with Crippen molar-refractivity contribution in [2.45, 2.75) is 19.4 Å². The summed E-state index contributed by atoms with van der Waals surface area (Å²) in [6.07, 6.45) is 1.70. The summed E-state index contributed by atoms with van der Waals surface area (Å²) >= 11 is 0. The molecule has 0 bridgehead atoms. The Morgan fingerprint density at radius 2 is 2.33 bits per heavy atom. The minimum atomic E-state index is -0.659. The number of nitrogens with zero attached hydrogens (tertiary/aromatic N) is 1. The predicted octanol–water partition coefficient (Wildman–Crippen LogP) is 0.556. The van der Waals surface area contributed by atoms with E-state index >= 15 is 0 Å². The van der Waals surface area contributed by atoms with Crippen molar-refractivity contribution in [3.8, 4) is 0 Å². The van der Waals surface area contributed by atoms with Gasteiger partial charge < -0.3 is 10.8 Å². The van der Waals surface area contributed by atoms with Gasteiger partial charge in [-0.2, -0.15) is 0 Å². The number of pyridine rings is 1. The molecule has 12 heavy (non-hydrogen) atoms. The van der Waals surface area contributed by atoms with Crippen molar-refractivity contribution in [3.05, 3.63) is 29.6 Å². The lowest BCUT2D eigenvalue weighted by molar-refractivity contribution is 0.210. The average molecular weight is 166 g/mol. The lowest BCUT2D eigenvalue weighted by atomic mass is 9.95. The summed E-state index contributed by atoms with van der Waals surface area (Å²) in [5.74, 6) is 0. The molecule has 1 aromatic heterocycles. The lowest BCUT2D eigenvalue weighted by Crippen LogP contribution is -2.36. The van der Waals surface area contributed by atoms with Crippen LogP contribution in [0, 0.1) is 6.92 Å². The van der Waals surface area contributed by atoms with E-state index in [0.29, 0.717) is 0 Å². The van der Waals surface area contributed by atoms with Crippen LogP contribution in [-0.2, 0) is 5.54 Å². The zero-order valence-corrected chi connectivity index (χ0v) is 7.41. The molecule has 0 fully saturated rings. The molecule has 0 aromatic carbocycles. The molecule has 1 aromatic rings. The van der Waals surface area contributed by atoms with Crippen LogP contribution < -0.4 is 5.73 Å². The molecule has 3 nitrogen and oxygen atoms in total. The van der Waals surface area contributed by atoms with E-state index in [-0.39, 0.29) is 6.61 Å². The largest absolute Gasteiger partial charge is 0.394 e. The van der Waals surface area contributed by atoms with E-state index in [4.69, 9.17) is 10.8 Å². The quantitative estimate of drug-likeness (QED) is 0.674. The molecule has 3 heteroatoms. The van der Waals surface area contributed by atoms with Crippen LogP contribution in [0.4, 0.5) is 0 Å². The number of aromatic nitrogens is 1. The van der Waals surface area contributed by atoms with Gasteiger partial charge in [-0.1, -0.05) is 0 Å². The van der Waals surface area contributed by atoms with Crippen LogP contribution in [0.3, 0.4) is 0 Å². The molecule has 1 unspecified atom stereocenters. The van der Waals surface area contributed by atoms with Crippen molar-refractivity contribution >= 4 is 0 Å². The first kappa shape index (κ1) is 9.16. The molecule has 1 heterocycles. The monoisotopic (exact) mass is 166 g/mol. The Kier molecular flexibility index (Phi) is 2.45. The third-order valence-electron chi connectivity index (χ3n) is 1.88. The second-order valence-corrected chi connectivity index (χ2v) is 3.26. The summed E-state index contributed by atoms with van der Waals surface area (Å²) in [4.78, 5) is 4.05. The van der Waals surface area contributed by atoms with Crippen LogP contribution in [0.5, 0.6) is 0 Å². The van der Waals surface area contributed by atoms with E-state index in [1.54, 1.807) is 13.1 Å². The highest BCUT2D eigenvalue weighted by Gasteiger charge is 2.19. The first-order valence-electron chi connectivity index (χ1n) is 3.89. The molecule has 0 aliphatic rings. The van der Waals surface area contributed by atoms with Crippen LogP contribution >= 0.6 is 0 Å². The van der Waals surface area contributed by atoms with Crippen molar-refractivity contribution in [3.63, 3.8) is 0 Å². The van der Waals surface area contributed by atoms with Gasteiger partial charge in [-0.15, -0.1) is 0 Å². The summed E-state index contributed by atoms with van der Waals surface area (Å²) in [6, 6.07) is 3.71. The van der Waals surface area contributed by atoms with Crippen LogP contribution in [-0.4, -0.2) is 16.7 Å². The summed E-state index contributed by atoms with van der Waals surface area (Å²) in [5, 5.41) is 8.99. The Morgan fingerprint density at radius 3 is 2.83 bits per heavy atom. The van der Waals surface area contributed by atoms with Gasteiger partial charge in [0.2, 0.25) is 0 Å². The molecule has 0 saturated carbocycles. The van der Waals surface area contributed by atoms with Gasteiger partial charge in [-0.05, 0) is 31.5 Å². The van der Waals surface area contributed by atoms with Crippen molar-refractivity contribution in [1.82, 2.24) is 4.98 Å². The first-order valence-corrected chi connectivity index (χ1v) is 3.89. The fraction of sp³-hybridized carbons (Fsp3) is 0.444. The minimum Gasteiger partial charge on any atom is -0.394 e. The smallest absolute Gasteiger partial charge is 0.0650 e. The van der Waals surface area contributed by atoms with Gasteiger partial charge in [0, 0.05) is 11.9 Å². The Labute approximate surface area is 72.2 Å². The summed E-state index contributed by atoms with van der Waals surface area (Å²) < 4.78 is 0. The molecule has 1 rings (SSSR count). The van der Waals surface area contributed by atoms with E-state index in [0.717, 1.165) is 11.3 Å². The van der Waals surface area contributed by atoms with Crippen molar-refractivity contribution in [2.24, 2.45) is 5.73 Å². The van der Waals surface area contributed by atoms with Crippen LogP contribution in [0.1, 0.15) is 18.2 Å². The van der Waals surface area contributed by atoms with Crippen molar-refractivity contribution in [1.29, 1.82) is 0 Å². The number of aliphatic hydroxyl groups is 1. The van der Waals surface area contributed by atoms with Crippen molar-refractivity contribution in [2.75, 3.05) is 6.61 Å².